The van der Waals surface area contributed by atoms with E-state index in [2.05, 4.69) is 6.58 Å². The molecule has 0 radical (unpaired) electrons. The van der Waals surface area contributed by atoms with Gasteiger partial charge in [-0.15, -0.1) is 0 Å². The molecule has 0 unspecified atom stereocenters. The van der Waals surface area contributed by atoms with Crippen LogP contribution in [0, 0.1) is 0 Å². The van der Waals surface area contributed by atoms with Crippen LogP contribution in [0.3, 0.4) is 0 Å². The first-order valence-electron chi connectivity index (χ1n) is 4.85. The van der Waals surface area contributed by atoms with Crippen molar-refractivity contribution in [3.8, 4) is 0 Å². The number of anilines is 2. The van der Waals surface area contributed by atoms with Gasteiger partial charge in [0.15, 0.2) is 0 Å². The zero-order chi connectivity index (χ0) is 11.1. The Hall–Kier alpha value is -1.44. The SMILES string of the molecule is C=Cc1c(N)cccc1N(C)C.CC. The molecule has 0 fully saturated rings. The van der Waals surface area contributed by atoms with Crippen molar-refractivity contribution in [1.29, 1.82) is 0 Å². The fourth-order valence-corrected chi connectivity index (χ4v) is 1.18. The quantitative estimate of drug-likeness (QED) is 0.730. The second-order valence-electron chi connectivity index (χ2n) is 2.88. The number of hydrogen-bond donors (Lipinski definition) is 1. The third kappa shape index (κ3) is 2.80. The predicted molar refractivity (Wildman–Crippen MR) is 66.6 cm³/mol. The fourth-order valence-electron chi connectivity index (χ4n) is 1.18. The lowest BCUT2D eigenvalue weighted by atomic mass is 10.1. The van der Waals surface area contributed by atoms with E-state index in [0.717, 1.165) is 16.9 Å². The average Bonchev–Trinajstić information content (AvgIpc) is 2.20. The van der Waals surface area contributed by atoms with Gasteiger partial charge in [0.25, 0.3) is 0 Å². The minimum atomic E-state index is 0.774. The van der Waals surface area contributed by atoms with Crippen LogP contribution in [0.5, 0.6) is 0 Å². The maximum atomic E-state index is 5.77. The molecule has 2 heteroatoms. The van der Waals surface area contributed by atoms with Crippen LogP contribution in [0.2, 0.25) is 0 Å². The van der Waals surface area contributed by atoms with Gasteiger partial charge in [-0.3, -0.25) is 0 Å². The Labute approximate surface area is 87.0 Å². The van der Waals surface area contributed by atoms with Crippen molar-refractivity contribution in [2.45, 2.75) is 13.8 Å². The van der Waals surface area contributed by atoms with Gasteiger partial charge in [0, 0.05) is 31.0 Å². The molecular formula is C12H20N2. The lowest BCUT2D eigenvalue weighted by Gasteiger charge is -2.16. The molecule has 0 saturated heterocycles. The molecule has 78 valence electrons. The van der Waals surface area contributed by atoms with Crippen molar-refractivity contribution in [2.24, 2.45) is 0 Å². The number of nitrogens with two attached hydrogens (primary N) is 1. The number of nitrogens with zero attached hydrogens (tertiary/aromatic N) is 1. The van der Waals surface area contributed by atoms with Gasteiger partial charge in [0.2, 0.25) is 0 Å². The summed E-state index contributed by atoms with van der Waals surface area (Å²) in [5.74, 6) is 0. The Bertz CT molecular complexity index is 290. The molecule has 0 atom stereocenters. The van der Waals surface area contributed by atoms with Crippen LogP contribution in [-0.4, -0.2) is 14.1 Å². The second kappa shape index (κ2) is 6.08. The fraction of sp³-hybridized carbons (Fsp3) is 0.333. The van der Waals surface area contributed by atoms with Gasteiger partial charge in [-0.25, -0.2) is 0 Å². The summed E-state index contributed by atoms with van der Waals surface area (Å²) in [5, 5.41) is 0. The predicted octanol–water partition coefficient (Wildman–Crippen LogP) is 3.00. The summed E-state index contributed by atoms with van der Waals surface area (Å²) in [6.45, 7) is 7.73. The van der Waals surface area contributed by atoms with Crippen molar-refractivity contribution in [3.63, 3.8) is 0 Å². The highest BCUT2D eigenvalue weighted by Crippen LogP contribution is 2.24. The number of hydrogen-bond acceptors (Lipinski definition) is 2. The maximum Gasteiger partial charge on any atom is 0.0455 e. The highest BCUT2D eigenvalue weighted by atomic mass is 15.1. The summed E-state index contributed by atoms with van der Waals surface area (Å²) in [4.78, 5) is 2.02. The van der Waals surface area contributed by atoms with Crippen LogP contribution in [0.1, 0.15) is 19.4 Å². The van der Waals surface area contributed by atoms with Crippen LogP contribution < -0.4 is 10.6 Å². The minimum absolute atomic E-state index is 0.774. The highest BCUT2D eigenvalue weighted by Gasteiger charge is 2.02. The Morgan fingerprint density at radius 2 is 1.86 bits per heavy atom. The Morgan fingerprint density at radius 1 is 1.29 bits per heavy atom. The van der Waals surface area contributed by atoms with Gasteiger partial charge in [-0.05, 0) is 12.1 Å². The van der Waals surface area contributed by atoms with Crippen LogP contribution in [0.15, 0.2) is 24.8 Å². The van der Waals surface area contributed by atoms with E-state index in [9.17, 15) is 0 Å². The van der Waals surface area contributed by atoms with Crippen molar-refractivity contribution in [3.05, 3.63) is 30.3 Å². The van der Waals surface area contributed by atoms with Gasteiger partial charge in [0.05, 0.1) is 0 Å². The Balaban J connectivity index is 0.000000791. The maximum absolute atomic E-state index is 5.77. The number of benzene rings is 1. The monoisotopic (exact) mass is 192 g/mol. The van der Waals surface area contributed by atoms with E-state index in [1.165, 1.54) is 0 Å². The standard InChI is InChI=1S/C10H14N2.C2H6/c1-4-8-9(11)6-5-7-10(8)12(2)3;1-2/h4-7H,1,11H2,2-3H3;1-2H3. The van der Waals surface area contributed by atoms with Gasteiger partial charge < -0.3 is 10.6 Å². The van der Waals surface area contributed by atoms with Gasteiger partial charge in [-0.2, -0.15) is 0 Å². The van der Waals surface area contributed by atoms with Crippen molar-refractivity contribution < 1.29 is 0 Å². The largest absolute Gasteiger partial charge is 0.398 e. The van der Waals surface area contributed by atoms with Crippen LogP contribution in [0.4, 0.5) is 11.4 Å². The summed E-state index contributed by atoms with van der Waals surface area (Å²) >= 11 is 0. The lowest BCUT2D eigenvalue weighted by Crippen LogP contribution is -2.10. The molecule has 1 aromatic rings. The van der Waals surface area contributed by atoms with Gasteiger partial charge in [-0.1, -0.05) is 32.6 Å². The normalized spacial score (nSPS) is 8.57. The average molecular weight is 192 g/mol. The summed E-state index contributed by atoms with van der Waals surface area (Å²) in [7, 11) is 3.98. The lowest BCUT2D eigenvalue weighted by molar-refractivity contribution is 1.13. The van der Waals surface area contributed by atoms with E-state index in [-0.39, 0.29) is 0 Å². The molecule has 0 aliphatic heterocycles. The smallest absolute Gasteiger partial charge is 0.0455 e. The Morgan fingerprint density at radius 3 is 2.21 bits per heavy atom. The molecule has 2 N–H and O–H groups in total. The molecule has 1 rings (SSSR count). The molecule has 0 saturated carbocycles. The summed E-state index contributed by atoms with van der Waals surface area (Å²) < 4.78 is 0. The summed E-state index contributed by atoms with van der Waals surface area (Å²) in [5.41, 5.74) is 8.65. The number of nitrogen functional groups attached to an aromatic ring is 1. The van der Waals surface area contributed by atoms with E-state index < -0.39 is 0 Å². The van der Waals surface area contributed by atoms with Crippen LogP contribution in [-0.2, 0) is 0 Å². The topological polar surface area (TPSA) is 29.3 Å². The summed E-state index contributed by atoms with van der Waals surface area (Å²) in [6, 6.07) is 5.84. The van der Waals surface area contributed by atoms with E-state index in [0.29, 0.717) is 0 Å². The van der Waals surface area contributed by atoms with E-state index in [4.69, 9.17) is 5.73 Å². The molecular weight excluding hydrogens is 172 g/mol. The van der Waals surface area contributed by atoms with Crippen LogP contribution >= 0.6 is 0 Å². The molecule has 1 aromatic carbocycles. The number of rotatable bonds is 2. The Kier molecular flexibility index (Phi) is 5.46. The highest BCUT2D eigenvalue weighted by molar-refractivity contribution is 5.76. The molecule has 14 heavy (non-hydrogen) atoms. The molecule has 0 aliphatic rings. The zero-order valence-electron chi connectivity index (χ0n) is 9.54. The van der Waals surface area contributed by atoms with E-state index in [1.807, 2.05) is 51.0 Å². The first-order chi connectivity index (χ1) is 6.66. The molecule has 0 bridgehead atoms. The molecule has 0 heterocycles. The van der Waals surface area contributed by atoms with Crippen LogP contribution in [0.25, 0.3) is 6.08 Å². The first-order valence-corrected chi connectivity index (χ1v) is 4.85. The molecule has 2 nitrogen and oxygen atoms in total. The first kappa shape index (κ1) is 12.6. The van der Waals surface area contributed by atoms with E-state index in [1.54, 1.807) is 6.08 Å². The minimum Gasteiger partial charge on any atom is -0.398 e. The van der Waals surface area contributed by atoms with Crippen molar-refractivity contribution in [1.82, 2.24) is 0 Å². The zero-order valence-corrected chi connectivity index (χ0v) is 9.54. The molecule has 0 spiro atoms. The van der Waals surface area contributed by atoms with Crippen molar-refractivity contribution in [2.75, 3.05) is 24.7 Å². The second-order valence-corrected chi connectivity index (χ2v) is 2.88. The van der Waals surface area contributed by atoms with Gasteiger partial charge in [0.1, 0.15) is 0 Å². The molecule has 0 amide bonds. The third-order valence-electron chi connectivity index (χ3n) is 1.80. The summed E-state index contributed by atoms with van der Waals surface area (Å²) in [6.07, 6.45) is 1.78. The third-order valence-corrected chi connectivity index (χ3v) is 1.80. The van der Waals surface area contributed by atoms with Crippen molar-refractivity contribution >= 4 is 17.5 Å². The van der Waals surface area contributed by atoms with E-state index >= 15 is 0 Å². The molecule has 0 aliphatic carbocycles. The van der Waals surface area contributed by atoms with Gasteiger partial charge >= 0.3 is 0 Å². The molecule has 0 aromatic heterocycles.